The van der Waals surface area contributed by atoms with E-state index < -0.39 is 17.5 Å². The highest BCUT2D eigenvalue weighted by molar-refractivity contribution is 6.43. The van der Waals surface area contributed by atoms with Crippen molar-refractivity contribution in [2.24, 2.45) is 5.10 Å². The van der Waals surface area contributed by atoms with Gasteiger partial charge in [0.2, 0.25) is 5.71 Å². The van der Waals surface area contributed by atoms with Crippen LogP contribution in [0.15, 0.2) is 29.4 Å². The second kappa shape index (κ2) is 5.46. The largest absolute Gasteiger partial charge is 0.464 e. The number of rotatable bonds is 3. The number of para-hydroxylation sites is 1. The number of anilines is 1. The molecule has 1 rings (SSSR count). The van der Waals surface area contributed by atoms with Gasteiger partial charge in [0, 0.05) is 0 Å². The van der Waals surface area contributed by atoms with Crippen LogP contribution in [0.5, 0.6) is 0 Å². The van der Waals surface area contributed by atoms with Gasteiger partial charge in [-0.3, -0.25) is 5.43 Å². The van der Waals surface area contributed by atoms with Crippen LogP contribution in [0, 0.1) is 17.1 Å². The molecule has 1 aromatic rings. The first kappa shape index (κ1) is 11.7. The van der Waals surface area contributed by atoms with Crippen molar-refractivity contribution in [3.63, 3.8) is 0 Å². The maximum absolute atomic E-state index is 13.1. The molecule has 5 nitrogen and oxygen atoms in total. The maximum atomic E-state index is 13.1. The summed E-state index contributed by atoms with van der Waals surface area (Å²) in [5.74, 6) is -1.42. The quantitative estimate of drug-likeness (QED) is 0.474. The van der Waals surface area contributed by atoms with Crippen LogP contribution in [0.1, 0.15) is 0 Å². The smallest absolute Gasteiger partial charge is 0.369 e. The van der Waals surface area contributed by atoms with E-state index in [1.807, 2.05) is 0 Å². The fraction of sp³-hybridized carbons (Fsp3) is 0.100. The Kier molecular flexibility index (Phi) is 3.98. The Morgan fingerprint density at radius 1 is 1.56 bits per heavy atom. The second-order valence-corrected chi connectivity index (χ2v) is 2.66. The Bertz CT molecular complexity index is 465. The monoisotopic (exact) mass is 221 g/mol. The van der Waals surface area contributed by atoms with Crippen molar-refractivity contribution in [3.05, 3.63) is 30.1 Å². The van der Waals surface area contributed by atoms with Crippen LogP contribution in [-0.4, -0.2) is 18.8 Å². The number of hydrazone groups is 1. The lowest BCUT2D eigenvalue weighted by Crippen LogP contribution is -2.15. The molecule has 0 atom stereocenters. The zero-order chi connectivity index (χ0) is 12.0. The van der Waals surface area contributed by atoms with Gasteiger partial charge in [-0.2, -0.15) is 10.4 Å². The van der Waals surface area contributed by atoms with E-state index in [1.54, 1.807) is 6.07 Å². The van der Waals surface area contributed by atoms with Crippen molar-refractivity contribution in [1.82, 2.24) is 0 Å². The van der Waals surface area contributed by atoms with Gasteiger partial charge in [-0.25, -0.2) is 9.18 Å². The Morgan fingerprint density at radius 2 is 2.25 bits per heavy atom. The lowest BCUT2D eigenvalue weighted by Gasteiger charge is -2.01. The van der Waals surface area contributed by atoms with Crippen LogP contribution in [0.2, 0.25) is 0 Å². The number of nitrogens with zero attached hydrogens (tertiary/aromatic N) is 2. The predicted molar refractivity (Wildman–Crippen MR) is 55.1 cm³/mol. The fourth-order valence-corrected chi connectivity index (χ4v) is 0.881. The first-order valence-electron chi connectivity index (χ1n) is 4.25. The minimum Gasteiger partial charge on any atom is -0.464 e. The van der Waals surface area contributed by atoms with E-state index in [9.17, 15) is 9.18 Å². The molecule has 1 N–H and O–H groups in total. The molecule has 0 fully saturated rings. The number of nitriles is 1. The molecule has 0 saturated heterocycles. The average Bonchev–Trinajstić information content (AvgIpc) is 2.31. The molecule has 0 bridgehead atoms. The number of nitrogens with one attached hydrogen (secondary N) is 1. The topological polar surface area (TPSA) is 74.5 Å². The van der Waals surface area contributed by atoms with Crippen LogP contribution in [-0.2, 0) is 9.53 Å². The van der Waals surface area contributed by atoms with E-state index in [0.717, 1.165) is 7.11 Å². The lowest BCUT2D eigenvalue weighted by molar-refractivity contribution is -0.132. The predicted octanol–water partition coefficient (Wildman–Crippen LogP) is 1.29. The van der Waals surface area contributed by atoms with Gasteiger partial charge >= 0.3 is 5.97 Å². The van der Waals surface area contributed by atoms with Gasteiger partial charge in [-0.15, -0.1) is 0 Å². The summed E-state index contributed by atoms with van der Waals surface area (Å²) in [6.45, 7) is 0. The molecule has 0 aliphatic rings. The number of methoxy groups -OCH3 is 1. The van der Waals surface area contributed by atoms with Crippen LogP contribution in [0.4, 0.5) is 10.1 Å². The highest BCUT2D eigenvalue weighted by Crippen LogP contribution is 2.11. The molecular weight excluding hydrogens is 213 g/mol. The van der Waals surface area contributed by atoms with Crippen LogP contribution >= 0.6 is 0 Å². The molecule has 0 aromatic heterocycles. The van der Waals surface area contributed by atoms with Crippen LogP contribution < -0.4 is 5.43 Å². The SMILES string of the molecule is COC(=O)/C(C#N)=N\Nc1ccccc1F. The molecule has 16 heavy (non-hydrogen) atoms. The molecule has 1 aromatic carbocycles. The first-order chi connectivity index (χ1) is 7.69. The summed E-state index contributed by atoms with van der Waals surface area (Å²) in [5.41, 5.74) is 1.86. The molecule has 0 radical (unpaired) electrons. The van der Waals surface area contributed by atoms with Crippen molar-refractivity contribution in [1.29, 1.82) is 5.26 Å². The molecule has 6 heteroatoms. The number of esters is 1. The third-order valence-electron chi connectivity index (χ3n) is 1.65. The minimum atomic E-state index is -0.883. The minimum absolute atomic E-state index is 0.0687. The van der Waals surface area contributed by atoms with E-state index in [2.05, 4.69) is 15.3 Å². The summed E-state index contributed by atoms with van der Waals surface area (Å²) >= 11 is 0. The Balaban J connectivity index is 2.84. The Hall–Kier alpha value is -2.42. The van der Waals surface area contributed by atoms with Crippen molar-refractivity contribution in [2.45, 2.75) is 0 Å². The van der Waals surface area contributed by atoms with Gasteiger partial charge in [-0.05, 0) is 12.1 Å². The average molecular weight is 221 g/mol. The number of hydrogen-bond acceptors (Lipinski definition) is 5. The van der Waals surface area contributed by atoms with Gasteiger partial charge in [0.1, 0.15) is 11.9 Å². The van der Waals surface area contributed by atoms with Crippen molar-refractivity contribution in [3.8, 4) is 6.07 Å². The van der Waals surface area contributed by atoms with E-state index in [4.69, 9.17) is 5.26 Å². The third-order valence-corrected chi connectivity index (χ3v) is 1.65. The van der Waals surface area contributed by atoms with Crippen molar-refractivity contribution in [2.75, 3.05) is 12.5 Å². The number of benzene rings is 1. The normalized spacial score (nSPS) is 10.4. The van der Waals surface area contributed by atoms with Gasteiger partial charge < -0.3 is 4.74 Å². The van der Waals surface area contributed by atoms with Gasteiger partial charge in [0.25, 0.3) is 0 Å². The standard InChI is InChI=1S/C10H8FN3O2/c1-16-10(15)9(6-12)14-13-8-5-3-2-4-7(8)11/h2-5,13H,1H3/b14-9-. The van der Waals surface area contributed by atoms with Crippen molar-refractivity contribution >= 4 is 17.4 Å². The summed E-state index contributed by atoms with van der Waals surface area (Å²) in [6.07, 6.45) is 0. The third kappa shape index (κ3) is 2.78. The highest BCUT2D eigenvalue weighted by Gasteiger charge is 2.10. The molecule has 0 aliphatic carbocycles. The highest BCUT2D eigenvalue weighted by atomic mass is 19.1. The maximum Gasteiger partial charge on any atom is 0.369 e. The molecule has 0 heterocycles. The number of carbonyl (C=O) groups excluding carboxylic acids is 1. The number of carbonyl (C=O) groups is 1. The molecule has 0 unspecified atom stereocenters. The van der Waals surface area contributed by atoms with Gasteiger partial charge in [0.05, 0.1) is 12.8 Å². The molecule has 0 saturated carbocycles. The summed E-state index contributed by atoms with van der Waals surface area (Å²) in [4.78, 5) is 10.9. The molecule has 82 valence electrons. The summed E-state index contributed by atoms with van der Waals surface area (Å²) in [5, 5.41) is 12.0. The fourth-order valence-electron chi connectivity index (χ4n) is 0.881. The van der Waals surface area contributed by atoms with E-state index in [-0.39, 0.29) is 5.69 Å². The summed E-state index contributed by atoms with van der Waals surface area (Å²) in [7, 11) is 1.12. The number of halogens is 1. The number of hydrogen-bond donors (Lipinski definition) is 1. The molecule has 0 aliphatic heterocycles. The molecule has 0 amide bonds. The van der Waals surface area contributed by atoms with Crippen LogP contribution in [0.3, 0.4) is 0 Å². The molecule has 0 spiro atoms. The Morgan fingerprint density at radius 3 is 2.81 bits per heavy atom. The zero-order valence-electron chi connectivity index (χ0n) is 8.40. The van der Waals surface area contributed by atoms with Gasteiger partial charge in [-0.1, -0.05) is 12.1 Å². The Labute approximate surface area is 91.1 Å². The van der Waals surface area contributed by atoms with Gasteiger partial charge in [0.15, 0.2) is 0 Å². The van der Waals surface area contributed by atoms with Crippen LogP contribution in [0.25, 0.3) is 0 Å². The van der Waals surface area contributed by atoms with E-state index in [0.29, 0.717) is 0 Å². The van der Waals surface area contributed by atoms with E-state index >= 15 is 0 Å². The number of ether oxygens (including phenoxy) is 1. The first-order valence-corrected chi connectivity index (χ1v) is 4.25. The summed E-state index contributed by atoms with van der Waals surface area (Å²) < 4.78 is 17.4. The zero-order valence-corrected chi connectivity index (χ0v) is 8.40. The van der Waals surface area contributed by atoms with Crippen molar-refractivity contribution < 1.29 is 13.9 Å². The summed E-state index contributed by atoms with van der Waals surface area (Å²) in [6, 6.07) is 7.28. The molecular formula is C10H8FN3O2. The van der Waals surface area contributed by atoms with E-state index in [1.165, 1.54) is 24.3 Å². The lowest BCUT2D eigenvalue weighted by atomic mass is 10.3. The second-order valence-electron chi connectivity index (χ2n) is 2.66.